The molecule has 1 aromatic rings. The largest absolute Gasteiger partial charge is 0.335 e. The lowest BCUT2D eigenvalue weighted by Crippen LogP contribution is -2.36. The van der Waals surface area contributed by atoms with Crippen LogP contribution in [0.15, 0.2) is 22.7 Å². The van der Waals surface area contributed by atoms with Crippen LogP contribution in [0, 0.1) is 10.1 Å². The fourth-order valence-corrected chi connectivity index (χ4v) is 2.54. The van der Waals surface area contributed by atoms with Gasteiger partial charge in [-0.3, -0.25) is 10.1 Å². The maximum Gasteiger partial charge on any atom is 0.319 e. The van der Waals surface area contributed by atoms with Crippen LogP contribution >= 0.6 is 15.9 Å². The van der Waals surface area contributed by atoms with Crippen molar-refractivity contribution in [2.24, 2.45) is 0 Å². The molecule has 1 fully saturated rings. The third-order valence-corrected chi connectivity index (χ3v) is 3.76. The van der Waals surface area contributed by atoms with Crippen LogP contribution in [-0.2, 0) is 0 Å². The SMILES string of the molecule is O=C(Nc1ccc(Br)c([N+](=O)[O-])c1)NC1CCCC1. The Bertz CT molecular complexity index is 501. The number of benzene rings is 1. The van der Waals surface area contributed by atoms with Crippen molar-refractivity contribution in [1.29, 1.82) is 0 Å². The number of nitrogens with one attached hydrogen (secondary N) is 2. The normalized spacial score (nSPS) is 15.2. The fraction of sp³-hybridized carbons (Fsp3) is 0.417. The highest BCUT2D eigenvalue weighted by Crippen LogP contribution is 2.27. The Hall–Kier alpha value is -1.63. The Morgan fingerprint density at radius 3 is 2.68 bits per heavy atom. The Labute approximate surface area is 118 Å². The number of hydrogen-bond donors (Lipinski definition) is 2. The summed E-state index contributed by atoms with van der Waals surface area (Å²) in [5, 5.41) is 16.3. The highest BCUT2D eigenvalue weighted by Gasteiger charge is 2.18. The summed E-state index contributed by atoms with van der Waals surface area (Å²) >= 11 is 3.10. The van der Waals surface area contributed by atoms with E-state index in [0.717, 1.165) is 25.7 Å². The Kier molecular flexibility index (Phi) is 4.36. The predicted octanol–water partition coefficient (Wildman–Crippen LogP) is 3.42. The van der Waals surface area contributed by atoms with E-state index < -0.39 is 4.92 Å². The first-order chi connectivity index (χ1) is 9.06. The highest BCUT2D eigenvalue weighted by molar-refractivity contribution is 9.10. The molecule has 19 heavy (non-hydrogen) atoms. The molecule has 1 aromatic carbocycles. The molecule has 0 unspecified atom stereocenters. The van der Waals surface area contributed by atoms with E-state index in [1.54, 1.807) is 12.1 Å². The summed E-state index contributed by atoms with van der Waals surface area (Å²) < 4.78 is 0.388. The summed E-state index contributed by atoms with van der Waals surface area (Å²) in [5.74, 6) is 0. The zero-order valence-corrected chi connectivity index (χ0v) is 11.8. The van der Waals surface area contributed by atoms with Gasteiger partial charge in [-0.15, -0.1) is 0 Å². The van der Waals surface area contributed by atoms with Gasteiger partial charge in [0.25, 0.3) is 5.69 Å². The molecule has 0 aliphatic heterocycles. The lowest BCUT2D eigenvalue weighted by Gasteiger charge is -2.12. The van der Waals surface area contributed by atoms with E-state index in [1.807, 2.05) is 0 Å². The summed E-state index contributed by atoms with van der Waals surface area (Å²) in [6.45, 7) is 0. The first-order valence-corrected chi connectivity index (χ1v) is 6.87. The second kappa shape index (κ2) is 6.01. The van der Waals surface area contributed by atoms with Gasteiger partial charge in [0.15, 0.2) is 0 Å². The topological polar surface area (TPSA) is 84.3 Å². The van der Waals surface area contributed by atoms with Crippen LogP contribution in [0.1, 0.15) is 25.7 Å². The van der Waals surface area contributed by atoms with Crippen LogP contribution in [0.4, 0.5) is 16.2 Å². The molecule has 102 valence electrons. The monoisotopic (exact) mass is 327 g/mol. The second-order valence-electron chi connectivity index (χ2n) is 4.50. The van der Waals surface area contributed by atoms with Crippen molar-refractivity contribution in [2.75, 3.05) is 5.32 Å². The molecular weight excluding hydrogens is 314 g/mol. The van der Waals surface area contributed by atoms with Crippen LogP contribution in [0.2, 0.25) is 0 Å². The average Bonchev–Trinajstić information content (AvgIpc) is 2.84. The third-order valence-electron chi connectivity index (χ3n) is 3.09. The van der Waals surface area contributed by atoms with Crippen LogP contribution in [0.5, 0.6) is 0 Å². The molecule has 0 spiro atoms. The molecule has 1 aliphatic rings. The van der Waals surface area contributed by atoms with E-state index in [1.165, 1.54) is 6.07 Å². The molecule has 7 heteroatoms. The Balaban J connectivity index is 2.00. The zero-order chi connectivity index (χ0) is 13.8. The number of halogens is 1. The number of urea groups is 1. The van der Waals surface area contributed by atoms with E-state index >= 15 is 0 Å². The summed E-state index contributed by atoms with van der Waals surface area (Å²) in [5.41, 5.74) is 0.337. The molecule has 6 nitrogen and oxygen atoms in total. The van der Waals surface area contributed by atoms with Gasteiger partial charge in [-0.2, -0.15) is 0 Å². The second-order valence-corrected chi connectivity index (χ2v) is 5.36. The van der Waals surface area contributed by atoms with Crippen LogP contribution < -0.4 is 10.6 Å². The van der Waals surface area contributed by atoms with Gasteiger partial charge in [0.2, 0.25) is 0 Å². The minimum absolute atomic E-state index is 0.0707. The quantitative estimate of drug-likeness (QED) is 0.658. The van der Waals surface area contributed by atoms with E-state index in [2.05, 4.69) is 26.6 Å². The van der Waals surface area contributed by atoms with E-state index in [9.17, 15) is 14.9 Å². The van der Waals surface area contributed by atoms with E-state index in [0.29, 0.717) is 10.2 Å². The lowest BCUT2D eigenvalue weighted by molar-refractivity contribution is -0.385. The minimum Gasteiger partial charge on any atom is -0.335 e. The van der Waals surface area contributed by atoms with Crippen molar-refractivity contribution in [3.8, 4) is 0 Å². The molecule has 2 rings (SSSR count). The average molecular weight is 328 g/mol. The number of hydrogen-bond acceptors (Lipinski definition) is 3. The van der Waals surface area contributed by atoms with Gasteiger partial charge in [0.05, 0.1) is 9.40 Å². The first kappa shape index (κ1) is 13.8. The maximum absolute atomic E-state index is 11.7. The molecule has 0 heterocycles. The zero-order valence-electron chi connectivity index (χ0n) is 10.2. The Morgan fingerprint density at radius 2 is 2.05 bits per heavy atom. The summed E-state index contributed by atoms with van der Waals surface area (Å²) in [4.78, 5) is 22.0. The standard InChI is InChI=1S/C12H14BrN3O3/c13-10-6-5-9(7-11(10)16(18)19)15-12(17)14-8-3-1-2-4-8/h5-8H,1-4H2,(H2,14,15,17). The number of nitro groups is 1. The molecule has 0 radical (unpaired) electrons. The molecule has 2 amide bonds. The molecule has 0 atom stereocenters. The molecular formula is C12H14BrN3O3. The van der Waals surface area contributed by atoms with Crippen molar-refractivity contribution in [3.05, 3.63) is 32.8 Å². The number of carbonyl (C=O) groups excluding carboxylic acids is 1. The number of anilines is 1. The van der Waals surface area contributed by atoms with Crippen LogP contribution in [0.25, 0.3) is 0 Å². The molecule has 1 saturated carbocycles. The van der Waals surface area contributed by atoms with Gasteiger partial charge in [0, 0.05) is 17.8 Å². The van der Waals surface area contributed by atoms with Gasteiger partial charge in [0.1, 0.15) is 0 Å². The highest BCUT2D eigenvalue weighted by atomic mass is 79.9. The maximum atomic E-state index is 11.7. The van der Waals surface area contributed by atoms with E-state index in [4.69, 9.17) is 0 Å². The first-order valence-electron chi connectivity index (χ1n) is 6.08. The molecule has 0 saturated heterocycles. The smallest absolute Gasteiger partial charge is 0.319 e. The molecule has 0 bridgehead atoms. The van der Waals surface area contributed by atoms with Crippen LogP contribution in [-0.4, -0.2) is 17.0 Å². The predicted molar refractivity (Wildman–Crippen MR) is 75.2 cm³/mol. The van der Waals surface area contributed by atoms with Crippen LogP contribution in [0.3, 0.4) is 0 Å². The van der Waals surface area contributed by atoms with Crippen molar-refractivity contribution < 1.29 is 9.72 Å². The molecule has 2 N–H and O–H groups in total. The molecule has 0 aromatic heterocycles. The number of carbonyl (C=O) groups is 1. The number of nitrogens with zero attached hydrogens (tertiary/aromatic N) is 1. The summed E-state index contributed by atoms with van der Waals surface area (Å²) in [6, 6.07) is 4.39. The molecule has 1 aliphatic carbocycles. The van der Waals surface area contributed by atoms with Gasteiger partial charge < -0.3 is 10.6 Å². The minimum atomic E-state index is -0.496. The number of amides is 2. The van der Waals surface area contributed by atoms with Crippen molar-refractivity contribution in [1.82, 2.24) is 5.32 Å². The fourth-order valence-electron chi connectivity index (χ4n) is 2.15. The number of nitro benzene ring substituents is 1. The van der Waals surface area contributed by atoms with Crippen molar-refractivity contribution in [2.45, 2.75) is 31.7 Å². The van der Waals surface area contributed by atoms with Gasteiger partial charge in [-0.25, -0.2) is 4.79 Å². The summed E-state index contributed by atoms with van der Waals surface area (Å²) in [6.07, 6.45) is 4.26. The third kappa shape index (κ3) is 3.66. The summed E-state index contributed by atoms with van der Waals surface area (Å²) in [7, 11) is 0. The van der Waals surface area contributed by atoms with Gasteiger partial charge in [-0.05, 0) is 40.9 Å². The lowest BCUT2D eigenvalue weighted by atomic mass is 10.2. The van der Waals surface area contributed by atoms with Gasteiger partial charge in [-0.1, -0.05) is 12.8 Å². The van der Waals surface area contributed by atoms with Crippen molar-refractivity contribution in [3.63, 3.8) is 0 Å². The Morgan fingerprint density at radius 1 is 1.37 bits per heavy atom. The van der Waals surface area contributed by atoms with Crippen molar-refractivity contribution >= 4 is 33.3 Å². The van der Waals surface area contributed by atoms with Gasteiger partial charge >= 0.3 is 6.03 Å². The van der Waals surface area contributed by atoms with E-state index in [-0.39, 0.29) is 17.8 Å². The number of rotatable bonds is 3.